The maximum atomic E-state index is 4.18. The van der Waals surface area contributed by atoms with Crippen molar-refractivity contribution < 1.29 is 0 Å². The second kappa shape index (κ2) is 4.11. The Bertz CT molecular complexity index is 294. The quantitative estimate of drug-likeness (QED) is 0.731. The Morgan fingerprint density at radius 3 is 3.14 bits per heavy atom. The van der Waals surface area contributed by atoms with Gasteiger partial charge in [0.1, 0.15) is 0 Å². The van der Waals surface area contributed by atoms with Crippen LogP contribution in [-0.4, -0.2) is 40.4 Å². The molecule has 2 rings (SSSR count). The minimum absolute atomic E-state index is 0.612. The first kappa shape index (κ1) is 9.68. The summed E-state index contributed by atoms with van der Waals surface area (Å²) in [6.07, 6.45) is 4.04. The zero-order valence-corrected chi connectivity index (χ0v) is 8.90. The zero-order chi connectivity index (χ0) is 9.97. The molecule has 1 aliphatic heterocycles. The molecular weight excluding hydrogens is 176 g/mol. The van der Waals surface area contributed by atoms with E-state index < -0.39 is 0 Å². The summed E-state index contributed by atoms with van der Waals surface area (Å²) in [5.74, 6) is 0. The van der Waals surface area contributed by atoms with Gasteiger partial charge < -0.3 is 5.32 Å². The molecule has 1 saturated heterocycles. The van der Waals surface area contributed by atoms with Crippen molar-refractivity contribution in [2.24, 2.45) is 7.05 Å². The number of hydrogen-bond acceptors (Lipinski definition) is 3. The first-order valence-electron chi connectivity index (χ1n) is 5.17. The van der Waals surface area contributed by atoms with Gasteiger partial charge in [0.15, 0.2) is 0 Å². The van der Waals surface area contributed by atoms with E-state index in [9.17, 15) is 0 Å². The van der Waals surface area contributed by atoms with Crippen molar-refractivity contribution >= 4 is 0 Å². The number of hydrogen-bond donors (Lipinski definition) is 1. The SMILES string of the molecule is C[C@@H]1CN(Cc2cnn(C)c2)CCN1. The highest BCUT2D eigenvalue weighted by molar-refractivity contribution is 5.03. The molecule has 0 aliphatic carbocycles. The fourth-order valence-corrected chi connectivity index (χ4v) is 1.97. The van der Waals surface area contributed by atoms with Gasteiger partial charge in [-0.1, -0.05) is 0 Å². The number of nitrogens with one attached hydrogen (secondary N) is 1. The van der Waals surface area contributed by atoms with E-state index >= 15 is 0 Å². The van der Waals surface area contributed by atoms with E-state index in [1.807, 2.05) is 17.9 Å². The van der Waals surface area contributed by atoms with Gasteiger partial charge in [-0.05, 0) is 6.92 Å². The molecule has 4 heteroatoms. The lowest BCUT2D eigenvalue weighted by Crippen LogP contribution is -2.48. The number of aryl methyl sites for hydroxylation is 1. The van der Waals surface area contributed by atoms with Gasteiger partial charge in [-0.25, -0.2) is 0 Å². The largest absolute Gasteiger partial charge is 0.312 e. The second-order valence-electron chi connectivity index (χ2n) is 4.11. The summed E-state index contributed by atoms with van der Waals surface area (Å²) in [4.78, 5) is 2.47. The number of rotatable bonds is 2. The molecule has 0 amide bonds. The lowest BCUT2D eigenvalue weighted by atomic mass is 10.2. The number of nitrogens with zero attached hydrogens (tertiary/aromatic N) is 3. The predicted octanol–water partition coefficient (Wildman–Crippen LogP) is 0.214. The van der Waals surface area contributed by atoms with Gasteiger partial charge in [0.05, 0.1) is 6.20 Å². The van der Waals surface area contributed by atoms with E-state index in [4.69, 9.17) is 0 Å². The summed E-state index contributed by atoms with van der Waals surface area (Å²) in [5.41, 5.74) is 1.31. The van der Waals surface area contributed by atoms with Gasteiger partial charge in [0.2, 0.25) is 0 Å². The van der Waals surface area contributed by atoms with Gasteiger partial charge in [-0.15, -0.1) is 0 Å². The molecule has 0 aromatic carbocycles. The third-order valence-corrected chi connectivity index (χ3v) is 2.62. The van der Waals surface area contributed by atoms with Crippen molar-refractivity contribution in [2.75, 3.05) is 19.6 Å². The standard InChI is InChI=1S/C10H18N4/c1-9-6-14(4-3-11-9)8-10-5-12-13(2)7-10/h5,7,9,11H,3-4,6,8H2,1-2H3/t9-/m1/s1. The van der Waals surface area contributed by atoms with Crippen LogP contribution in [0.4, 0.5) is 0 Å². The molecule has 0 saturated carbocycles. The normalized spacial score (nSPS) is 24.0. The van der Waals surface area contributed by atoms with Crippen LogP contribution in [0.15, 0.2) is 12.4 Å². The van der Waals surface area contributed by atoms with E-state index in [0.717, 1.165) is 26.2 Å². The zero-order valence-electron chi connectivity index (χ0n) is 8.90. The average Bonchev–Trinajstić information content (AvgIpc) is 2.51. The van der Waals surface area contributed by atoms with Crippen LogP contribution in [0.5, 0.6) is 0 Å². The molecule has 2 heterocycles. The second-order valence-corrected chi connectivity index (χ2v) is 4.11. The Balaban J connectivity index is 1.90. The average molecular weight is 194 g/mol. The Labute approximate surface area is 84.9 Å². The fraction of sp³-hybridized carbons (Fsp3) is 0.700. The highest BCUT2D eigenvalue weighted by atomic mass is 15.3. The molecule has 78 valence electrons. The molecule has 0 bridgehead atoms. The summed E-state index contributed by atoms with van der Waals surface area (Å²) in [5, 5.41) is 7.62. The topological polar surface area (TPSA) is 33.1 Å². The number of aromatic nitrogens is 2. The Hall–Kier alpha value is -0.870. The molecule has 4 nitrogen and oxygen atoms in total. The van der Waals surface area contributed by atoms with Gasteiger partial charge in [-0.2, -0.15) is 5.10 Å². The van der Waals surface area contributed by atoms with Crippen LogP contribution in [0.2, 0.25) is 0 Å². The van der Waals surface area contributed by atoms with Gasteiger partial charge >= 0.3 is 0 Å². The Morgan fingerprint density at radius 2 is 2.50 bits per heavy atom. The summed E-state index contributed by atoms with van der Waals surface area (Å²) >= 11 is 0. The summed E-state index contributed by atoms with van der Waals surface area (Å²) < 4.78 is 1.86. The third-order valence-electron chi connectivity index (χ3n) is 2.62. The maximum absolute atomic E-state index is 4.18. The lowest BCUT2D eigenvalue weighted by Gasteiger charge is -2.31. The molecule has 1 fully saturated rings. The van der Waals surface area contributed by atoms with E-state index in [-0.39, 0.29) is 0 Å². The molecule has 0 unspecified atom stereocenters. The van der Waals surface area contributed by atoms with E-state index in [1.54, 1.807) is 0 Å². The molecule has 1 aromatic heterocycles. The molecule has 1 aromatic rings. The number of piperazine rings is 1. The van der Waals surface area contributed by atoms with Crippen molar-refractivity contribution in [3.63, 3.8) is 0 Å². The molecule has 1 atom stereocenters. The van der Waals surface area contributed by atoms with Crippen molar-refractivity contribution in [3.8, 4) is 0 Å². The first-order valence-corrected chi connectivity index (χ1v) is 5.17. The monoisotopic (exact) mass is 194 g/mol. The van der Waals surface area contributed by atoms with E-state index in [1.165, 1.54) is 5.56 Å². The predicted molar refractivity (Wildman–Crippen MR) is 55.9 cm³/mol. The van der Waals surface area contributed by atoms with Crippen LogP contribution in [0, 0.1) is 0 Å². The Kier molecular flexibility index (Phi) is 2.84. The summed E-state index contributed by atoms with van der Waals surface area (Å²) in [7, 11) is 1.96. The minimum Gasteiger partial charge on any atom is -0.312 e. The first-order chi connectivity index (χ1) is 6.74. The van der Waals surface area contributed by atoms with Crippen LogP contribution in [0.25, 0.3) is 0 Å². The van der Waals surface area contributed by atoms with Crippen molar-refractivity contribution in [2.45, 2.75) is 19.5 Å². The minimum atomic E-state index is 0.612. The van der Waals surface area contributed by atoms with E-state index in [2.05, 4.69) is 28.4 Å². The smallest absolute Gasteiger partial charge is 0.0534 e. The molecule has 1 N–H and O–H groups in total. The highest BCUT2D eigenvalue weighted by Gasteiger charge is 2.15. The van der Waals surface area contributed by atoms with Crippen LogP contribution in [0.3, 0.4) is 0 Å². The molecule has 14 heavy (non-hydrogen) atoms. The van der Waals surface area contributed by atoms with Crippen LogP contribution < -0.4 is 5.32 Å². The van der Waals surface area contributed by atoms with Crippen LogP contribution in [-0.2, 0) is 13.6 Å². The van der Waals surface area contributed by atoms with Crippen molar-refractivity contribution in [1.82, 2.24) is 20.0 Å². The van der Waals surface area contributed by atoms with Crippen LogP contribution >= 0.6 is 0 Å². The molecular formula is C10H18N4. The van der Waals surface area contributed by atoms with Gasteiger partial charge in [-0.3, -0.25) is 9.58 Å². The van der Waals surface area contributed by atoms with Crippen molar-refractivity contribution in [3.05, 3.63) is 18.0 Å². The van der Waals surface area contributed by atoms with Gasteiger partial charge in [0, 0.05) is 51.0 Å². The van der Waals surface area contributed by atoms with E-state index in [0.29, 0.717) is 6.04 Å². The van der Waals surface area contributed by atoms with Gasteiger partial charge in [0.25, 0.3) is 0 Å². The highest BCUT2D eigenvalue weighted by Crippen LogP contribution is 2.05. The maximum Gasteiger partial charge on any atom is 0.0534 e. The fourth-order valence-electron chi connectivity index (χ4n) is 1.97. The summed E-state index contributed by atoms with van der Waals surface area (Å²) in [6.45, 7) is 6.63. The third kappa shape index (κ3) is 2.33. The lowest BCUT2D eigenvalue weighted by molar-refractivity contribution is 0.199. The molecule has 0 spiro atoms. The van der Waals surface area contributed by atoms with Crippen molar-refractivity contribution in [1.29, 1.82) is 0 Å². The van der Waals surface area contributed by atoms with Crippen LogP contribution in [0.1, 0.15) is 12.5 Å². The molecule has 0 radical (unpaired) electrons. The molecule has 1 aliphatic rings. The summed E-state index contributed by atoms with van der Waals surface area (Å²) in [6, 6.07) is 0.612. The Morgan fingerprint density at radius 1 is 1.64 bits per heavy atom.